The summed E-state index contributed by atoms with van der Waals surface area (Å²) in [4.78, 5) is 13.1. The number of aliphatic hydroxyl groups excluding tert-OH is 7. The molecule has 1 heterocycles. The first kappa shape index (κ1) is 66.6. The normalized spacial score (nSPS) is 20.4. The van der Waals surface area contributed by atoms with E-state index in [2.05, 4.69) is 43.5 Å². The standard InChI is InChI=1S/C59H113NO10/c1-3-5-7-9-11-13-15-16-17-18-19-20-21-22-23-24-25-26-27-28-29-30-31-32-33-34-35-37-38-40-42-44-46-51(62)54(64)50(49-69-59-57(67)56(66)55(65)53(48-61)70-59)60-58(68)52(63)47-45-43-41-39-36-14-12-10-8-6-4-2/h12,14,38,40,50-57,59,61-67H,3-11,13,15-37,39,41-49H2,1-2H3,(H,60,68)/b14-12-,40-38+. The summed E-state index contributed by atoms with van der Waals surface area (Å²) in [6.07, 6.45) is 47.1. The van der Waals surface area contributed by atoms with Crippen molar-refractivity contribution < 1.29 is 50.0 Å². The predicted molar refractivity (Wildman–Crippen MR) is 289 cm³/mol. The van der Waals surface area contributed by atoms with Crippen molar-refractivity contribution in [2.75, 3.05) is 13.2 Å². The molecule has 0 radical (unpaired) electrons. The molecule has 0 aromatic heterocycles. The average Bonchev–Trinajstić information content (AvgIpc) is 3.36. The molecule has 0 aliphatic carbocycles. The molecule has 11 nitrogen and oxygen atoms in total. The van der Waals surface area contributed by atoms with E-state index in [9.17, 15) is 40.5 Å². The Morgan fingerprint density at radius 1 is 0.486 bits per heavy atom. The first-order valence-electron chi connectivity index (χ1n) is 29.7. The Bertz CT molecular complexity index is 1190. The van der Waals surface area contributed by atoms with Crippen LogP contribution in [0, 0.1) is 0 Å². The predicted octanol–water partition coefficient (Wildman–Crippen LogP) is 12.5. The molecule has 0 bridgehead atoms. The molecule has 9 unspecified atom stereocenters. The van der Waals surface area contributed by atoms with Crippen LogP contribution in [-0.4, -0.2) is 110 Å². The lowest BCUT2D eigenvalue weighted by Crippen LogP contribution is -2.60. The number of unbranched alkanes of at least 4 members (excludes halogenated alkanes) is 35. The number of hydrogen-bond acceptors (Lipinski definition) is 10. The molecule has 1 saturated heterocycles. The fourth-order valence-corrected chi connectivity index (χ4v) is 9.61. The largest absolute Gasteiger partial charge is 0.394 e. The second-order valence-electron chi connectivity index (χ2n) is 21.1. The quantitative estimate of drug-likeness (QED) is 0.0215. The molecule has 1 amide bonds. The molecule has 11 heteroatoms. The van der Waals surface area contributed by atoms with E-state index < -0.39 is 74.2 Å². The molecule has 0 saturated carbocycles. The van der Waals surface area contributed by atoms with Crippen LogP contribution < -0.4 is 5.32 Å². The Morgan fingerprint density at radius 3 is 1.26 bits per heavy atom. The van der Waals surface area contributed by atoms with Gasteiger partial charge in [-0.3, -0.25) is 4.79 Å². The van der Waals surface area contributed by atoms with E-state index in [1.54, 1.807) is 0 Å². The van der Waals surface area contributed by atoms with Gasteiger partial charge in [0.25, 0.3) is 0 Å². The summed E-state index contributed by atoms with van der Waals surface area (Å²) in [5.74, 6) is -0.715. The molecule has 1 rings (SSSR count). The van der Waals surface area contributed by atoms with Crippen LogP contribution >= 0.6 is 0 Å². The summed E-state index contributed by atoms with van der Waals surface area (Å²) in [6, 6.07) is -1.19. The molecule has 0 aromatic rings. The van der Waals surface area contributed by atoms with Gasteiger partial charge in [0.2, 0.25) is 5.91 Å². The molecule has 1 aliphatic rings. The Labute approximate surface area is 429 Å². The van der Waals surface area contributed by atoms with E-state index in [1.807, 2.05) is 0 Å². The highest BCUT2D eigenvalue weighted by atomic mass is 16.7. The van der Waals surface area contributed by atoms with Gasteiger partial charge in [0, 0.05) is 0 Å². The maximum absolute atomic E-state index is 13.1. The first-order chi connectivity index (χ1) is 34.2. The number of hydrogen-bond donors (Lipinski definition) is 8. The van der Waals surface area contributed by atoms with Crippen LogP contribution in [0.25, 0.3) is 0 Å². The smallest absolute Gasteiger partial charge is 0.249 e. The molecule has 9 atom stereocenters. The van der Waals surface area contributed by atoms with Crippen molar-refractivity contribution in [1.82, 2.24) is 5.32 Å². The summed E-state index contributed by atoms with van der Waals surface area (Å²) in [7, 11) is 0. The molecule has 414 valence electrons. The number of amides is 1. The Hall–Kier alpha value is -1.41. The van der Waals surface area contributed by atoms with Crippen molar-refractivity contribution in [2.24, 2.45) is 0 Å². The van der Waals surface area contributed by atoms with Crippen molar-refractivity contribution in [1.29, 1.82) is 0 Å². The van der Waals surface area contributed by atoms with Gasteiger partial charge in [-0.25, -0.2) is 0 Å². The van der Waals surface area contributed by atoms with Crippen LogP contribution in [0.5, 0.6) is 0 Å². The summed E-state index contributed by atoms with van der Waals surface area (Å²) < 4.78 is 11.1. The minimum Gasteiger partial charge on any atom is -0.394 e. The van der Waals surface area contributed by atoms with E-state index >= 15 is 0 Å². The Kier molecular flexibility index (Phi) is 46.2. The van der Waals surface area contributed by atoms with Gasteiger partial charge in [-0.1, -0.05) is 237 Å². The Balaban J connectivity index is 2.20. The van der Waals surface area contributed by atoms with E-state index in [-0.39, 0.29) is 12.8 Å². The minimum absolute atomic E-state index is 0.240. The van der Waals surface area contributed by atoms with Gasteiger partial charge < -0.3 is 50.5 Å². The minimum atomic E-state index is -1.67. The van der Waals surface area contributed by atoms with Crippen molar-refractivity contribution in [2.45, 2.75) is 332 Å². The third-order valence-corrected chi connectivity index (χ3v) is 14.5. The number of carbonyl (C=O) groups excluding carboxylic acids is 1. The van der Waals surface area contributed by atoms with Crippen LogP contribution in [0.1, 0.15) is 277 Å². The Morgan fingerprint density at radius 2 is 0.843 bits per heavy atom. The monoisotopic (exact) mass is 996 g/mol. The van der Waals surface area contributed by atoms with Crippen LogP contribution in [0.15, 0.2) is 24.3 Å². The van der Waals surface area contributed by atoms with Crippen molar-refractivity contribution >= 4 is 5.91 Å². The number of rotatable bonds is 51. The van der Waals surface area contributed by atoms with Gasteiger partial charge in [-0.05, 0) is 64.2 Å². The third kappa shape index (κ3) is 36.5. The van der Waals surface area contributed by atoms with Gasteiger partial charge in [-0.15, -0.1) is 0 Å². The lowest BCUT2D eigenvalue weighted by atomic mass is 9.98. The number of carbonyl (C=O) groups is 1. The van der Waals surface area contributed by atoms with Crippen LogP contribution in [-0.2, 0) is 14.3 Å². The average molecular weight is 997 g/mol. The number of ether oxygens (including phenoxy) is 2. The molecule has 1 fully saturated rings. The second kappa shape index (κ2) is 48.5. The van der Waals surface area contributed by atoms with Crippen molar-refractivity contribution in [3.05, 3.63) is 24.3 Å². The zero-order valence-electron chi connectivity index (χ0n) is 45.3. The van der Waals surface area contributed by atoms with Gasteiger partial charge in [0.05, 0.1) is 25.4 Å². The topological polar surface area (TPSA) is 189 Å². The summed E-state index contributed by atoms with van der Waals surface area (Å²) >= 11 is 0. The number of aliphatic hydroxyl groups is 7. The highest BCUT2D eigenvalue weighted by molar-refractivity contribution is 5.80. The first-order valence-corrected chi connectivity index (χ1v) is 29.7. The lowest BCUT2D eigenvalue weighted by molar-refractivity contribution is -0.303. The maximum Gasteiger partial charge on any atom is 0.249 e. The van der Waals surface area contributed by atoms with Gasteiger partial charge in [-0.2, -0.15) is 0 Å². The molecule has 0 spiro atoms. The SMILES string of the molecule is CCCCC/C=C\CCCCCCC(O)C(=O)NC(COC1OC(CO)C(O)C(O)C1O)C(O)C(O)CCC/C=C/CCCCCCCCCCCCCCCCCCCCCCCCCCCCC. The van der Waals surface area contributed by atoms with E-state index in [0.717, 1.165) is 51.4 Å². The highest BCUT2D eigenvalue weighted by Crippen LogP contribution is 2.23. The fraction of sp³-hybridized carbons (Fsp3) is 0.915. The molecule has 8 N–H and O–H groups in total. The molecule has 1 aliphatic heterocycles. The molecule has 70 heavy (non-hydrogen) atoms. The lowest BCUT2D eigenvalue weighted by Gasteiger charge is -2.40. The summed E-state index contributed by atoms with van der Waals surface area (Å²) in [5, 5.41) is 75.9. The van der Waals surface area contributed by atoms with Gasteiger partial charge in [0.15, 0.2) is 6.29 Å². The molecular weight excluding hydrogens is 883 g/mol. The maximum atomic E-state index is 13.1. The summed E-state index contributed by atoms with van der Waals surface area (Å²) in [5.41, 5.74) is 0. The fourth-order valence-electron chi connectivity index (χ4n) is 9.61. The van der Waals surface area contributed by atoms with Crippen LogP contribution in [0.2, 0.25) is 0 Å². The molecular formula is C59H113NO10. The van der Waals surface area contributed by atoms with E-state index in [4.69, 9.17) is 9.47 Å². The third-order valence-electron chi connectivity index (χ3n) is 14.5. The van der Waals surface area contributed by atoms with Crippen molar-refractivity contribution in [3.8, 4) is 0 Å². The number of allylic oxidation sites excluding steroid dienone is 4. The van der Waals surface area contributed by atoms with E-state index in [0.29, 0.717) is 12.8 Å². The summed E-state index contributed by atoms with van der Waals surface area (Å²) in [6.45, 7) is 3.41. The van der Waals surface area contributed by atoms with Gasteiger partial charge in [0.1, 0.15) is 36.6 Å². The molecule has 0 aromatic carbocycles. The zero-order valence-corrected chi connectivity index (χ0v) is 45.3. The van der Waals surface area contributed by atoms with Crippen LogP contribution in [0.3, 0.4) is 0 Å². The highest BCUT2D eigenvalue weighted by Gasteiger charge is 2.44. The van der Waals surface area contributed by atoms with E-state index in [1.165, 1.54) is 186 Å². The van der Waals surface area contributed by atoms with Crippen LogP contribution in [0.4, 0.5) is 0 Å². The van der Waals surface area contributed by atoms with Crippen molar-refractivity contribution in [3.63, 3.8) is 0 Å². The number of nitrogens with one attached hydrogen (secondary N) is 1. The second-order valence-corrected chi connectivity index (χ2v) is 21.1. The zero-order chi connectivity index (χ0) is 51.1. The van der Waals surface area contributed by atoms with Gasteiger partial charge >= 0.3 is 0 Å².